The summed E-state index contributed by atoms with van der Waals surface area (Å²) in [5.41, 5.74) is 8.78. The molecule has 3 N–H and O–H groups in total. The number of nitrogens with zero attached hydrogens (tertiary/aromatic N) is 2. The molecule has 0 saturated heterocycles. The highest BCUT2D eigenvalue weighted by molar-refractivity contribution is 5.80. The Hall–Kier alpha value is -2.80. The predicted octanol–water partition coefficient (Wildman–Crippen LogP) is 1.94. The van der Waals surface area contributed by atoms with E-state index in [1.54, 1.807) is 0 Å². The van der Waals surface area contributed by atoms with E-state index < -0.39 is 0 Å². The highest BCUT2D eigenvalue weighted by Gasteiger charge is 2.00. The Morgan fingerprint density at radius 3 is 2.67 bits per heavy atom. The molecular formula is C14H10N4. The number of nitrogens with one attached hydrogen (secondary N) is 1. The van der Waals surface area contributed by atoms with Crippen LogP contribution in [0.4, 0.5) is 5.69 Å². The molecule has 86 valence electrons. The summed E-state index contributed by atoms with van der Waals surface area (Å²) >= 11 is 0. The van der Waals surface area contributed by atoms with Gasteiger partial charge < -0.3 is 10.7 Å². The number of hydrogen-bond donors (Lipinski definition) is 2. The lowest BCUT2D eigenvalue weighted by Crippen LogP contribution is -1.87. The standard InChI is InChI=1S/C14H10N4/c15-11-4-1-10(2-5-11)3-6-13-12-7-8-16-14(12)18-9-17-13/h1-2,4-5,7-9H,15H2,(H,16,17,18). The first-order chi connectivity index (χ1) is 8.83. The van der Waals surface area contributed by atoms with Crippen LogP contribution < -0.4 is 5.73 Å². The van der Waals surface area contributed by atoms with Crippen molar-refractivity contribution >= 4 is 16.7 Å². The van der Waals surface area contributed by atoms with Gasteiger partial charge in [-0.1, -0.05) is 5.92 Å². The molecule has 0 amide bonds. The maximum atomic E-state index is 5.62. The third kappa shape index (κ3) is 1.89. The summed E-state index contributed by atoms with van der Waals surface area (Å²) < 4.78 is 0. The molecule has 0 fully saturated rings. The van der Waals surface area contributed by atoms with Crippen molar-refractivity contribution in [3.63, 3.8) is 0 Å². The third-order valence-corrected chi connectivity index (χ3v) is 2.59. The summed E-state index contributed by atoms with van der Waals surface area (Å²) in [5, 5.41) is 0.931. The van der Waals surface area contributed by atoms with Crippen molar-refractivity contribution in [2.24, 2.45) is 0 Å². The second kappa shape index (κ2) is 4.22. The lowest BCUT2D eigenvalue weighted by Gasteiger charge is -1.93. The Labute approximate surface area is 104 Å². The van der Waals surface area contributed by atoms with Crippen molar-refractivity contribution in [2.75, 3.05) is 5.73 Å². The topological polar surface area (TPSA) is 67.6 Å². The molecule has 4 heteroatoms. The molecule has 1 aromatic carbocycles. The van der Waals surface area contributed by atoms with E-state index in [1.807, 2.05) is 36.5 Å². The van der Waals surface area contributed by atoms with Crippen LogP contribution in [0.5, 0.6) is 0 Å². The van der Waals surface area contributed by atoms with E-state index in [2.05, 4.69) is 26.8 Å². The second-order valence-corrected chi connectivity index (χ2v) is 3.83. The summed E-state index contributed by atoms with van der Waals surface area (Å²) in [7, 11) is 0. The fraction of sp³-hybridized carbons (Fsp3) is 0. The average Bonchev–Trinajstić information content (AvgIpc) is 2.87. The number of fused-ring (bicyclic) bond motifs is 1. The average molecular weight is 234 g/mol. The maximum absolute atomic E-state index is 5.62. The first-order valence-electron chi connectivity index (χ1n) is 5.48. The molecule has 0 radical (unpaired) electrons. The summed E-state index contributed by atoms with van der Waals surface area (Å²) in [6.07, 6.45) is 3.33. The first-order valence-corrected chi connectivity index (χ1v) is 5.48. The molecule has 0 unspecified atom stereocenters. The Balaban J connectivity index is 2.02. The lowest BCUT2D eigenvalue weighted by atomic mass is 10.2. The van der Waals surface area contributed by atoms with Crippen LogP contribution in [-0.2, 0) is 0 Å². The fourth-order valence-corrected chi connectivity index (χ4v) is 1.67. The Morgan fingerprint density at radius 2 is 1.83 bits per heavy atom. The molecule has 4 nitrogen and oxygen atoms in total. The van der Waals surface area contributed by atoms with E-state index in [0.29, 0.717) is 0 Å². The van der Waals surface area contributed by atoms with Gasteiger partial charge in [0, 0.05) is 17.4 Å². The highest BCUT2D eigenvalue weighted by atomic mass is 14.9. The molecule has 0 aliphatic rings. The van der Waals surface area contributed by atoms with Crippen LogP contribution in [0.15, 0.2) is 42.9 Å². The van der Waals surface area contributed by atoms with Gasteiger partial charge in [0.2, 0.25) is 0 Å². The Kier molecular flexibility index (Phi) is 2.43. The number of nitrogen functional groups attached to an aromatic ring is 1. The number of rotatable bonds is 0. The van der Waals surface area contributed by atoms with Gasteiger partial charge in [0.25, 0.3) is 0 Å². The van der Waals surface area contributed by atoms with E-state index in [4.69, 9.17) is 5.73 Å². The molecule has 2 heterocycles. The molecule has 3 aromatic rings. The van der Waals surface area contributed by atoms with Crippen molar-refractivity contribution in [3.05, 3.63) is 54.1 Å². The zero-order valence-electron chi connectivity index (χ0n) is 9.51. The summed E-state index contributed by atoms with van der Waals surface area (Å²) in [5.74, 6) is 6.11. The third-order valence-electron chi connectivity index (χ3n) is 2.59. The van der Waals surface area contributed by atoms with Crippen molar-refractivity contribution < 1.29 is 0 Å². The van der Waals surface area contributed by atoms with E-state index in [0.717, 1.165) is 28.0 Å². The number of benzene rings is 1. The molecule has 3 rings (SSSR count). The van der Waals surface area contributed by atoms with E-state index in [-0.39, 0.29) is 0 Å². The van der Waals surface area contributed by atoms with Gasteiger partial charge in [0.1, 0.15) is 17.7 Å². The van der Waals surface area contributed by atoms with Gasteiger partial charge in [0.15, 0.2) is 0 Å². The van der Waals surface area contributed by atoms with Gasteiger partial charge in [-0.25, -0.2) is 9.97 Å². The fourth-order valence-electron chi connectivity index (χ4n) is 1.67. The molecule has 0 bridgehead atoms. The molecule has 0 saturated carbocycles. The van der Waals surface area contributed by atoms with Crippen molar-refractivity contribution in [3.8, 4) is 11.8 Å². The van der Waals surface area contributed by atoms with Gasteiger partial charge in [-0.3, -0.25) is 0 Å². The van der Waals surface area contributed by atoms with Crippen LogP contribution in [0.2, 0.25) is 0 Å². The van der Waals surface area contributed by atoms with Crippen LogP contribution in [0.1, 0.15) is 11.3 Å². The molecule has 0 spiro atoms. The smallest absolute Gasteiger partial charge is 0.141 e. The molecular weight excluding hydrogens is 224 g/mol. The molecule has 0 aliphatic heterocycles. The predicted molar refractivity (Wildman–Crippen MR) is 70.7 cm³/mol. The van der Waals surface area contributed by atoms with E-state index in [9.17, 15) is 0 Å². The number of anilines is 1. The summed E-state index contributed by atoms with van der Waals surface area (Å²) in [6, 6.07) is 9.35. The number of H-pyrrole nitrogens is 1. The van der Waals surface area contributed by atoms with Crippen LogP contribution >= 0.6 is 0 Å². The first kappa shape index (κ1) is 10.4. The van der Waals surface area contributed by atoms with Crippen LogP contribution in [0.25, 0.3) is 11.0 Å². The van der Waals surface area contributed by atoms with Gasteiger partial charge in [0.05, 0.1) is 5.39 Å². The molecule has 2 aromatic heterocycles. The van der Waals surface area contributed by atoms with Gasteiger partial charge in [-0.15, -0.1) is 0 Å². The quantitative estimate of drug-likeness (QED) is 0.461. The van der Waals surface area contributed by atoms with Gasteiger partial charge >= 0.3 is 0 Å². The molecule has 0 aliphatic carbocycles. The number of hydrogen-bond acceptors (Lipinski definition) is 3. The highest BCUT2D eigenvalue weighted by Crippen LogP contribution is 2.11. The lowest BCUT2D eigenvalue weighted by molar-refractivity contribution is 1.18. The minimum atomic E-state index is 0.720. The van der Waals surface area contributed by atoms with Crippen molar-refractivity contribution in [1.82, 2.24) is 15.0 Å². The number of nitrogens with two attached hydrogens (primary N) is 1. The number of aromatic nitrogens is 3. The van der Waals surface area contributed by atoms with Crippen LogP contribution in [-0.4, -0.2) is 15.0 Å². The largest absolute Gasteiger partial charge is 0.399 e. The van der Waals surface area contributed by atoms with Crippen LogP contribution in [0, 0.1) is 11.8 Å². The minimum Gasteiger partial charge on any atom is -0.399 e. The van der Waals surface area contributed by atoms with Crippen molar-refractivity contribution in [1.29, 1.82) is 0 Å². The number of aromatic amines is 1. The zero-order valence-corrected chi connectivity index (χ0v) is 9.51. The monoisotopic (exact) mass is 234 g/mol. The summed E-state index contributed by atoms with van der Waals surface area (Å²) in [6.45, 7) is 0. The Morgan fingerprint density at radius 1 is 1.00 bits per heavy atom. The van der Waals surface area contributed by atoms with Gasteiger partial charge in [-0.05, 0) is 36.3 Å². The summed E-state index contributed by atoms with van der Waals surface area (Å²) in [4.78, 5) is 11.3. The molecule has 0 atom stereocenters. The van der Waals surface area contributed by atoms with Crippen molar-refractivity contribution in [2.45, 2.75) is 0 Å². The van der Waals surface area contributed by atoms with E-state index >= 15 is 0 Å². The zero-order chi connectivity index (χ0) is 12.4. The van der Waals surface area contributed by atoms with E-state index in [1.165, 1.54) is 6.33 Å². The second-order valence-electron chi connectivity index (χ2n) is 3.83. The minimum absolute atomic E-state index is 0.720. The normalized spacial score (nSPS) is 10.0. The Bertz CT molecular complexity index is 745. The maximum Gasteiger partial charge on any atom is 0.141 e. The molecule has 18 heavy (non-hydrogen) atoms. The van der Waals surface area contributed by atoms with Gasteiger partial charge in [-0.2, -0.15) is 0 Å². The van der Waals surface area contributed by atoms with Crippen LogP contribution in [0.3, 0.4) is 0 Å². The SMILES string of the molecule is Nc1ccc(C#Cc2ncnc3[nH]ccc23)cc1.